The van der Waals surface area contributed by atoms with Gasteiger partial charge in [0.1, 0.15) is 5.82 Å². The van der Waals surface area contributed by atoms with E-state index < -0.39 is 5.82 Å². The summed E-state index contributed by atoms with van der Waals surface area (Å²) in [6.45, 7) is 3.97. The van der Waals surface area contributed by atoms with Crippen molar-refractivity contribution in [1.82, 2.24) is 4.57 Å². The number of aryl methyl sites for hydroxylation is 2. The van der Waals surface area contributed by atoms with E-state index in [-0.39, 0.29) is 5.43 Å². The van der Waals surface area contributed by atoms with Crippen LogP contribution in [0, 0.1) is 31.0 Å². The van der Waals surface area contributed by atoms with Crippen LogP contribution in [0.25, 0.3) is 0 Å². The number of nitriles is 1. The summed E-state index contributed by atoms with van der Waals surface area (Å²) in [5, 5.41) is 8.70. The van der Waals surface area contributed by atoms with E-state index in [0.717, 1.165) is 11.4 Å². The van der Waals surface area contributed by atoms with E-state index in [1.165, 1.54) is 18.2 Å². The zero-order valence-corrected chi connectivity index (χ0v) is 10.8. The molecule has 1 aromatic heterocycles. The van der Waals surface area contributed by atoms with Crippen LogP contribution in [0.3, 0.4) is 0 Å². The van der Waals surface area contributed by atoms with Crippen LogP contribution in [0.5, 0.6) is 0 Å². The summed E-state index contributed by atoms with van der Waals surface area (Å²) < 4.78 is 15.7. The summed E-state index contributed by atoms with van der Waals surface area (Å²) in [4.78, 5) is 11.3. The van der Waals surface area contributed by atoms with Gasteiger partial charge in [-0.25, -0.2) is 4.39 Å². The molecule has 0 bridgehead atoms. The Morgan fingerprint density at radius 2 is 1.84 bits per heavy atom. The highest BCUT2D eigenvalue weighted by molar-refractivity contribution is 5.33. The van der Waals surface area contributed by atoms with Gasteiger partial charge in [-0.3, -0.25) is 4.79 Å². The molecule has 2 aromatic rings. The number of rotatable bonds is 2. The van der Waals surface area contributed by atoms with E-state index in [0.29, 0.717) is 17.7 Å². The largest absolute Gasteiger partial charge is 0.344 e. The van der Waals surface area contributed by atoms with E-state index >= 15 is 0 Å². The van der Waals surface area contributed by atoms with Gasteiger partial charge in [-0.2, -0.15) is 5.26 Å². The maximum absolute atomic E-state index is 13.8. The molecule has 0 unspecified atom stereocenters. The third-order valence-electron chi connectivity index (χ3n) is 3.06. The fourth-order valence-corrected chi connectivity index (χ4v) is 2.05. The monoisotopic (exact) mass is 256 g/mol. The van der Waals surface area contributed by atoms with Crippen molar-refractivity contribution in [2.75, 3.05) is 0 Å². The fraction of sp³-hybridized carbons (Fsp3) is 0.200. The highest BCUT2D eigenvalue weighted by Crippen LogP contribution is 2.13. The first kappa shape index (κ1) is 13.0. The van der Waals surface area contributed by atoms with Crippen molar-refractivity contribution >= 4 is 0 Å². The highest BCUT2D eigenvalue weighted by atomic mass is 19.1. The molecule has 96 valence electrons. The van der Waals surface area contributed by atoms with E-state index in [2.05, 4.69) is 0 Å². The smallest absolute Gasteiger partial charge is 0.182 e. The lowest BCUT2D eigenvalue weighted by molar-refractivity contribution is 0.593. The number of aromatic nitrogens is 1. The molecule has 0 amide bonds. The Kier molecular flexibility index (Phi) is 3.48. The second-order valence-corrected chi connectivity index (χ2v) is 4.48. The Balaban J connectivity index is 2.42. The Morgan fingerprint density at radius 1 is 1.21 bits per heavy atom. The quantitative estimate of drug-likeness (QED) is 0.828. The van der Waals surface area contributed by atoms with Crippen LogP contribution < -0.4 is 5.43 Å². The summed E-state index contributed by atoms with van der Waals surface area (Å²) in [5.41, 5.74) is 2.32. The van der Waals surface area contributed by atoms with Crippen LogP contribution >= 0.6 is 0 Å². The fourth-order valence-electron chi connectivity index (χ4n) is 2.05. The molecule has 2 rings (SSSR count). The summed E-state index contributed by atoms with van der Waals surface area (Å²) >= 11 is 0. The van der Waals surface area contributed by atoms with Crippen molar-refractivity contribution in [3.8, 4) is 6.07 Å². The van der Waals surface area contributed by atoms with Gasteiger partial charge in [0.15, 0.2) is 5.43 Å². The molecule has 0 saturated heterocycles. The number of nitrogens with zero attached hydrogens (tertiary/aromatic N) is 2. The maximum Gasteiger partial charge on any atom is 0.182 e. The number of halogens is 1. The number of pyridine rings is 1. The lowest BCUT2D eigenvalue weighted by Crippen LogP contribution is -2.14. The molecule has 0 atom stereocenters. The lowest BCUT2D eigenvalue weighted by Gasteiger charge is -2.14. The molecule has 0 radical (unpaired) electrons. The number of benzene rings is 1. The highest BCUT2D eigenvalue weighted by Gasteiger charge is 2.07. The molecule has 0 spiro atoms. The molecular weight excluding hydrogens is 243 g/mol. The van der Waals surface area contributed by atoms with Gasteiger partial charge >= 0.3 is 0 Å². The van der Waals surface area contributed by atoms with Crippen molar-refractivity contribution in [3.05, 3.63) is 68.9 Å². The third kappa shape index (κ3) is 2.71. The minimum Gasteiger partial charge on any atom is -0.344 e. The second kappa shape index (κ2) is 5.07. The van der Waals surface area contributed by atoms with Gasteiger partial charge < -0.3 is 4.57 Å². The van der Waals surface area contributed by atoms with Crippen LogP contribution in [0.4, 0.5) is 4.39 Å². The molecule has 4 heteroatoms. The van der Waals surface area contributed by atoms with E-state index in [4.69, 9.17) is 5.26 Å². The summed E-state index contributed by atoms with van der Waals surface area (Å²) in [6, 6.07) is 9.36. The first-order valence-electron chi connectivity index (χ1n) is 5.88. The van der Waals surface area contributed by atoms with Gasteiger partial charge in [0.25, 0.3) is 0 Å². The SMILES string of the molecule is Cc1cc(=O)cc(C)n1Cc1ccc(C#N)cc1F. The molecule has 0 saturated carbocycles. The van der Waals surface area contributed by atoms with Crippen LogP contribution in [-0.2, 0) is 6.54 Å². The summed E-state index contributed by atoms with van der Waals surface area (Å²) in [6.07, 6.45) is 0. The van der Waals surface area contributed by atoms with Crippen molar-refractivity contribution in [2.24, 2.45) is 0 Å². The van der Waals surface area contributed by atoms with Gasteiger partial charge in [-0.05, 0) is 26.0 Å². The van der Waals surface area contributed by atoms with Crippen molar-refractivity contribution in [1.29, 1.82) is 5.26 Å². The molecule has 0 aliphatic rings. The Hall–Kier alpha value is -2.41. The number of hydrogen-bond donors (Lipinski definition) is 0. The van der Waals surface area contributed by atoms with E-state index in [9.17, 15) is 9.18 Å². The molecule has 1 heterocycles. The molecular formula is C15H13FN2O. The van der Waals surface area contributed by atoms with Crippen molar-refractivity contribution in [3.63, 3.8) is 0 Å². The molecule has 0 aliphatic heterocycles. The number of hydrogen-bond acceptors (Lipinski definition) is 2. The van der Waals surface area contributed by atoms with Crippen molar-refractivity contribution < 1.29 is 4.39 Å². The normalized spacial score (nSPS) is 10.2. The molecule has 3 nitrogen and oxygen atoms in total. The van der Waals surface area contributed by atoms with Gasteiger partial charge in [-0.15, -0.1) is 0 Å². The third-order valence-corrected chi connectivity index (χ3v) is 3.06. The zero-order chi connectivity index (χ0) is 14.0. The minimum absolute atomic E-state index is 0.0495. The predicted molar refractivity (Wildman–Crippen MR) is 70.4 cm³/mol. The summed E-state index contributed by atoms with van der Waals surface area (Å²) in [7, 11) is 0. The van der Waals surface area contributed by atoms with E-state index in [1.54, 1.807) is 12.1 Å². The Bertz CT molecular complexity index is 700. The van der Waals surface area contributed by atoms with Crippen LogP contribution in [0.2, 0.25) is 0 Å². The molecule has 19 heavy (non-hydrogen) atoms. The summed E-state index contributed by atoms with van der Waals surface area (Å²) in [5.74, 6) is -0.406. The average molecular weight is 256 g/mol. The lowest BCUT2D eigenvalue weighted by atomic mass is 10.1. The topological polar surface area (TPSA) is 45.8 Å². The second-order valence-electron chi connectivity index (χ2n) is 4.48. The average Bonchev–Trinajstić information content (AvgIpc) is 2.35. The van der Waals surface area contributed by atoms with Crippen molar-refractivity contribution in [2.45, 2.75) is 20.4 Å². The van der Waals surface area contributed by atoms with Gasteiger partial charge in [0, 0.05) is 29.1 Å². The molecule has 0 N–H and O–H groups in total. The van der Waals surface area contributed by atoms with Gasteiger partial charge in [0.2, 0.25) is 0 Å². The van der Waals surface area contributed by atoms with Gasteiger partial charge in [-0.1, -0.05) is 6.07 Å². The first-order chi connectivity index (χ1) is 9.01. The van der Waals surface area contributed by atoms with Gasteiger partial charge in [0.05, 0.1) is 18.2 Å². The van der Waals surface area contributed by atoms with Crippen LogP contribution in [-0.4, -0.2) is 4.57 Å². The Morgan fingerprint density at radius 3 is 2.37 bits per heavy atom. The Labute approximate surface area is 110 Å². The molecule has 1 aromatic carbocycles. The first-order valence-corrected chi connectivity index (χ1v) is 5.88. The van der Waals surface area contributed by atoms with Crippen LogP contribution in [0.15, 0.2) is 35.1 Å². The standard InChI is InChI=1S/C15H13FN2O/c1-10-5-14(19)6-11(2)18(10)9-13-4-3-12(8-17)7-15(13)16/h3-7H,9H2,1-2H3. The molecule has 0 aliphatic carbocycles. The molecule has 0 fully saturated rings. The predicted octanol–water partition coefficient (Wildman–Crippen LogP) is 2.52. The maximum atomic E-state index is 13.8. The minimum atomic E-state index is -0.406. The van der Waals surface area contributed by atoms with E-state index in [1.807, 2.05) is 24.5 Å². The van der Waals surface area contributed by atoms with Crippen LogP contribution in [0.1, 0.15) is 22.5 Å². The zero-order valence-electron chi connectivity index (χ0n) is 10.8.